The van der Waals surface area contributed by atoms with Crippen molar-refractivity contribution in [2.75, 3.05) is 7.11 Å². The minimum Gasteiger partial charge on any atom is -0.494 e. The summed E-state index contributed by atoms with van der Waals surface area (Å²) in [6.45, 7) is 8.20. The Kier molecular flexibility index (Phi) is 5.27. The Labute approximate surface area is 142 Å². The molecule has 2 aromatic carbocycles. The van der Waals surface area contributed by atoms with E-state index in [1.54, 1.807) is 12.1 Å². The first-order chi connectivity index (χ1) is 11.2. The molecule has 0 spiro atoms. The third-order valence-electron chi connectivity index (χ3n) is 4.04. The van der Waals surface area contributed by atoms with E-state index >= 15 is 0 Å². The van der Waals surface area contributed by atoms with Gasteiger partial charge in [0, 0.05) is 5.56 Å². The molecule has 1 N–H and O–H groups in total. The molecule has 3 nitrogen and oxygen atoms in total. The van der Waals surface area contributed by atoms with Crippen molar-refractivity contribution in [1.82, 2.24) is 5.32 Å². The van der Waals surface area contributed by atoms with Gasteiger partial charge in [0.25, 0.3) is 5.91 Å². The molecule has 0 fully saturated rings. The third kappa shape index (κ3) is 4.13. The van der Waals surface area contributed by atoms with Crippen molar-refractivity contribution >= 4 is 5.91 Å². The minimum absolute atomic E-state index is 0.0446. The van der Waals surface area contributed by atoms with Crippen LogP contribution in [0.2, 0.25) is 0 Å². The highest BCUT2D eigenvalue weighted by Crippen LogP contribution is 2.23. The predicted molar refractivity (Wildman–Crippen MR) is 94.0 cm³/mol. The van der Waals surface area contributed by atoms with Crippen molar-refractivity contribution in [3.8, 4) is 5.75 Å². The van der Waals surface area contributed by atoms with Crippen LogP contribution in [0.3, 0.4) is 0 Å². The number of nitrogens with one attached hydrogen (secondary N) is 1. The molecule has 0 aromatic heterocycles. The van der Waals surface area contributed by atoms with Gasteiger partial charge in [0.15, 0.2) is 11.6 Å². The number of methoxy groups -OCH3 is 1. The van der Waals surface area contributed by atoms with Crippen LogP contribution in [0.15, 0.2) is 42.5 Å². The minimum atomic E-state index is -0.439. The number of ether oxygens (including phenoxy) is 1. The molecule has 4 heteroatoms. The Hall–Kier alpha value is -2.36. The van der Waals surface area contributed by atoms with Crippen molar-refractivity contribution < 1.29 is 13.9 Å². The fourth-order valence-corrected chi connectivity index (χ4v) is 2.44. The van der Waals surface area contributed by atoms with Gasteiger partial charge in [-0.2, -0.15) is 0 Å². The monoisotopic (exact) mass is 329 g/mol. The molecule has 0 saturated carbocycles. The zero-order valence-electron chi connectivity index (χ0n) is 14.8. The van der Waals surface area contributed by atoms with E-state index in [-0.39, 0.29) is 23.1 Å². The van der Waals surface area contributed by atoms with E-state index in [1.165, 1.54) is 18.7 Å². The van der Waals surface area contributed by atoms with Crippen molar-refractivity contribution in [2.24, 2.45) is 0 Å². The molecule has 0 heterocycles. The van der Waals surface area contributed by atoms with Gasteiger partial charge in [0.05, 0.1) is 13.2 Å². The van der Waals surface area contributed by atoms with E-state index in [4.69, 9.17) is 4.74 Å². The van der Waals surface area contributed by atoms with E-state index in [1.807, 2.05) is 31.2 Å². The molecule has 0 bridgehead atoms. The maximum absolute atomic E-state index is 13.8. The summed E-state index contributed by atoms with van der Waals surface area (Å²) in [6, 6.07) is 11.9. The highest BCUT2D eigenvalue weighted by Gasteiger charge is 2.16. The quantitative estimate of drug-likeness (QED) is 0.888. The number of rotatable bonds is 4. The first-order valence-electron chi connectivity index (χ1n) is 7.97. The lowest BCUT2D eigenvalue weighted by atomic mass is 9.86. The predicted octanol–water partition coefficient (Wildman–Crippen LogP) is 4.62. The maximum atomic E-state index is 13.8. The Morgan fingerprint density at radius 2 is 1.75 bits per heavy atom. The molecule has 1 amide bonds. The second-order valence-electron chi connectivity index (χ2n) is 6.92. The number of halogens is 1. The van der Waals surface area contributed by atoms with Crippen LogP contribution in [0.4, 0.5) is 4.39 Å². The summed E-state index contributed by atoms with van der Waals surface area (Å²) in [5, 5.41) is 2.89. The van der Waals surface area contributed by atoms with Crippen molar-refractivity contribution in [3.05, 3.63) is 65.0 Å². The van der Waals surface area contributed by atoms with Gasteiger partial charge in [-0.05, 0) is 47.7 Å². The van der Waals surface area contributed by atoms with Crippen molar-refractivity contribution in [2.45, 2.75) is 39.2 Å². The van der Waals surface area contributed by atoms with Crippen LogP contribution in [0, 0.1) is 5.82 Å². The molecule has 24 heavy (non-hydrogen) atoms. The zero-order chi connectivity index (χ0) is 17.9. The van der Waals surface area contributed by atoms with Crippen LogP contribution in [0.5, 0.6) is 5.75 Å². The smallest absolute Gasteiger partial charge is 0.251 e. The van der Waals surface area contributed by atoms with E-state index in [2.05, 4.69) is 26.1 Å². The lowest BCUT2D eigenvalue weighted by Crippen LogP contribution is -2.26. The molecule has 0 aliphatic rings. The van der Waals surface area contributed by atoms with Gasteiger partial charge in [-0.3, -0.25) is 4.79 Å². The van der Waals surface area contributed by atoms with Gasteiger partial charge in [-0.25, -0.2) is 4.39 Å². The summed E-state index contributed by atoms with van der Waals surface area (Å²) in [6.07, 6.45) is 0. The normalized spacial score (nSPS) is 12.6. The maximum Gasteiger partial charge on any atom is 0.251 e. The van der Waals surface area contributed by atoms with E-state index in [0.29, 0.717) is 11.1 Å². The van der Waals surface area contributed by atoms with Crippen LogP contribution >= 0.6 is 0 Å². The van der Waals surface area contributed by atoms with Gasteiger partial charge in [0.1, 0.15) is 0 Å². The van der Waals surface area contributed by atoms with Crippen molar-refractivity contribution in [1.29, 1.82) is 0 Å². The summed E-state index contributed by atoms with van der Waals surface area (Å²) < 4.78 is 18.7. The zero-order valence-corrected chi connectivity index (χ0v) is 14.8. The molecular formula is C20H24FNO2. The van der Waals surface area contributed by atoms with E-state index < -0.39 is 5.82 Å². The second kappa shape index (κ2) is 7.04. The highest BCUT2D eigenvalue weighted by molar-refractivity contribution is 5.94. The molecule has 0 aliphatic heterocycles. The van der Waals surface area contributed by atoms with Crippen LogP contribution in [0.25, 0.3) is 0 Å². The van der Waals surface area contributed by atoms with Crippen LogP contribution < -0.4 is 10.1 Å². The largest absolute Gasteiger partial charge is 0.494 e. The summed E-state index contributed by atoms with van der Waals surface area (Å²) >= 11 is 0. The van der Waals surface area contributed by atoms with Gasteiger partial charge < -0.3 is 10.1 Å². The highest BCUT2D eigenvalue weighted by atomic mass is 19.1. The number of benzene rings is 2. The molecule has 0 saturated heterocycles. The molecule has 1 atom stereocenters. The lowest BCUT2D eigenvalue weighted by Gasteiger charge is -2.19. The number of amides is 1. The van der Waals surface area contributed by atoms with Gasteiger partial charge in [-0.15, -0.1) is 0 Å². The average Bonchev–Trinajstić information content (AvgIpc) is 2.54. The first-order valence-corrected chi connectivity index (χ1v) is 7.97. The Bertz CT molecular complexity index is 717. The second-order valence-corrected chi connectivity index (χ2v) is 6.92. The Balaban J connectivity index is 2.10. The van der Waals surface area contributed by atoms with Crippen LogP contribution in [0.1, 0.15) is 55.2 Å². The summed E-state index contributed by atoms with van der Waals surface area (Å²) in [4.78, 5) is 12.4. The topological polar surface area (TPSA) is 38.3 Å². The average molecular weight is 329 g/mol. The molecular weight excluding hydrogens is 305 g/mol. The first kappa shape index (κ1) is 18.0. The SMILES string of the molecule is COc1ccc([C@@H](C)NC(=O)c2ccc(C(C)(C)C)cc2)cc1F. The van der Waals surface area contributed by atoms with E-state index in [0.717, 1.165) is 0 Å². The number of hydrogen-bond donors (Lipinski definition) is 1. The van der Waals surface area contributed by atoms with Crippen LogP contribution in [-0.4, -0.2) is 13.0 Å². The summed E-state index contributed by atoms with van der Waals surface area (Å²) in [5.41, 5.74) is 2.49. The van der Waals surface area contributed by atoms with Crippen LogP contribution in [-0.2, 0) is 5.41 Å². The number of carbonyl (C=O) groups is 1. The Morgan fingerprint density at radius 1 is 1.12 bits per heavy atom. The van der Waals surface area contributed by atoms with Gasteiger partial charge in [0.2, 0.25) is 0 Å². The van der Waals surface area contributed by atoms with Gasteiger partial charge in [-0.1, -0.05) is 39.0 Å². The fourth-order valence-electron chi connectivity index (χ4n) is 2.44. The number of carbonyl (C=O) groups excluding carboxylic acids is 1. The molecule has 0 radical (unpaired) electrons. The lowest BCUT2D eigenvalue weighted by molar-refractivity contribution is 0.0939. The molecule has 2 rings (SSSR count). The fraction of sp³-hybridized carbons (Fsp3) is 0.350. The third-order valence-corrected chi connectivity index (χ3v) is 4.04. The van der Waals surface area contributed by atoms with E-state index in [9.17, 15) is 9.18 Å². The molecule has 0 aliphatic carbocycles. The summed E-state index contributed by atoms with van der Waals surface area (Å²) in [5.74, 6) is -0.431. The van der Waals surface area contributed by atoms with Crippen molar-refractivity contribution in [3.63, 3.8) is 0 Å². The summed E-state index contributed by atoms with van der Waals surface area (Å²) in [7, 11) is 1.42. The molecule has 128 valence electrons. The number of hydrogen-bond acceptors (Lipinski definition) is 2. The molecule has 0 unspecified atom stereocenters. The standard InChI is InChI=1S/C20H24FNO2/c1-13(15-8-11-18(24-5)17(21)12-15)22-19(23)14-6-9-16(10-7-14)20(2,3)4/h6-13H,1-5H3,(H,22,23)/t13-/m1/s1. The molecule has 2 aromatic rings. The van der Waals surface area contributed by atoms with Gasteiger partial charge >= 0.3 is 0 Å². The Morgan fingerprint density at radius 3 is 2.25 bits per heavy atom.